The molecule has 19 heavy (non-hydrogen) atoms. The highest BCUT2D eigenvalue weighted by Gasteiger charge is 2.09. The van der Waals surface area contributed by atoms with Crippen molar-refractivity contribution < 1.29 is 0 Å². The van der Waals surface area contributed by atoms with Crippen LogP contribution in [0.1, 0.15) is 0 Å². The van der Waals surface area contributed by atoms with Crippen molar-refractivity contribution in [3.63, 3.8) is 0 Å². The first-order chi connectivity index (χ1) is 9.42. The van der Waals surface area contributed by atoms with Crippen LogP contribution in [0.5, 0.6) is 0 Å². The van der Waals surface area contributed by atoms with E-state index in [1.165, 1.54) is 26.4 Å². The molecular weight excluding hydrogens is 250 g/mol. The maximum atomic E-state index is 4.63. The molecule has 1 aromatic heterocycles. The van der Waals surface area contributed by atoms with Crippen molar-refractivity contribution >= 4 is 32.4 Å². The average molecular weight is 261 g/mol. The summed E-state index contributed by atoms with van der Waals surface area (Å²) in [5.41, 5.74) is 2.27. The largest absolute Gasteiger partial charge is 0.191 e. The molecule has 0 amide bonds. The van der Waals surface area contributed by atoms with E-state index in [1.807, 2.05) is 6.07 Å². The van der Waals surface area contributed by atoms with Crippen LogP contribution >= 0.6 is 11.5 Å². The number of hydrogen-bond donors (Lipinski definition) is 0. The fraction of sp³-hybridized carbons (Fsp3) is 0. The SMILES string of the molecule is c1ccc(-c2nsc3cc4ccccc4cc23)cc1. The van der Waals surface area contributed by atoms with Crippen molar-refractivity contribution in [1.82, 2.24) is 4.37 Å². The molecular formula is C17H11NS. The predicted octanol–water partition coefficient (Wildman–Crippen LogP) is 5.12. The summed E-state index contributed by atoms with van der Waals surface area (Å²) in [6.45, 7) is 0. The number of rotatable bonds is 1. The Hall–Kier alpha value is -2.19. The topological polar surface area (TPSA) is 12.9 Å². The molecule has 0 spiro atoms. The first-order valence-corrected chi connectivity index (χ1v) is 7.03. The van der Waals surface area contributed by atoms with E-state index in [-0.39, 0.29) is 0 Å². The van der Waals surface area contributed by atoms with Crippen LogP contribution in [0.25, 0.3) is 32.1 Å². The second kappa shape index (κ2) is 4.18. The second-order valence-electron chi connectivity index (χ2n) is 4.59. The number of nitrogens with zero attached hydrogens (tertiary/aromatic N) is 1. The normalized spacial score (nSPS) is 11.2. The molecule has 0 aliphatic heterocycles. The third-order valence-corrected chi connectivity index (χ3v) is 4.19. The van der Waals surface area contributed by atoms with Gasteiger partial charge in [0.25, 0.3) is 0 Å². The van der Waals surface area contributed by atoms with Gasteiger partial charge in [-0.15, -0.1) is 0 Å². The molecule has 0 unspecified atom stereocenters. The molecule has 0 saturated carbocycles. The molecule has 90 valence electrons. The summed E-state index contributed by atoms with van der Waals surface area (Å²) in [4.78, 5) is 0. The third kappa shape index (κ3) is 1.72. The van der Waals surface area contributed by atoms with Crippen LogP contribution in [0.4, 0.5) is 0 Å². The highest BCUT2D eigenvalue weighted by molar-refractivity contribution is 7.13. The van der Waals surface area contributed by atoms with E-state index in [2.05, 4.69) is 65.0 Å². The van der Waals surface area contributed by atoms with E-state index in [0.717, 1.165) is 5.69 Å². The van der Waals surface area contributed by atoms with Gasteiger partial charge in [0.1, 0.15) is 0 Å². The molecule has 1 nitrogen and oxygen atoms in total. The monoisotopic (exact) mass is 261 g/mol. The lowest BCUT2D eigenvalue weighted by Gasteiger charge is -2.00. The minimum atomic E-state index is 1.09. The molecule has 4 aromatic rings. The zero-order valence-corrected chi connectivity index (χ0v) is 11.0. The fourth-order valence-corrected chi connectivity index (χ4v) is 3.26. The van der Waals surface area contributed by atoms with Gasteiger partial charge >= 0.3 is 0 Å². The van der Waals surface area contributed by atoms with E-state index in [9.17, 15) is 0 Å². The first-order valence-electron chi connectivity index (χ1n) is 6.25. The van der Waals surface area contributed by atoms with Gasteiger partial charge in [0.2, 0.25) is 0 Å². The molecule has 0 aliphatic carbocycles. The van der Waals surface area contributed by atoms with Crippen LogP contribution in [0.3, 0.4) is 0 Å². The summed E-state index contributed by atoms with van der Waals surface area (Å²) >= 11 is 1.57. The van der Waals surface area contributed by atoms with E-state index in [1.54, 1.807) is 11.5 Å². The van der Waals surface area contributed by atoms with Gasteiger partial charge in [0.15, 0.2) is 0 Å². The van der Waals surface area contributed by atoms with Crippen LogP contribution in [-0.2, 0) is 0 Å². The predicted molar refractivity (Wildman–Crippen MR) is 82.6 cm³/mol. The molecule has 0 saturated heterocycles. The van der Waals surface area contributed by atoms with Crippen molar-refractivity contribution in [1.29, 1.82) is 0 Å². The van der Waals surface area contributed by atoms with Crippen molar-refractivity contribution in [3.05, 3.63) is 66.7 Å². The number of aromatic nitrogens is 1. The zero-order valence-electron chi connectivity index (χ0n) is 10.2. The van der Waals surface area contributed by atoms with E-state index in [4.69, 9.17) is 0 Å². The highest BCUT2D eigenvalue weighted by atomic mass is 32.1. The summed E-state index contributed by atoms with van der Waals surface area (Å²) in [7, 11) is 0. The van der Waals surface area contributed by atoms with Gasteiger partial charge in [-0.05, 0) is 34.4 Å². The van der Waals surface area contributed by atoms with Crippen molar-refractivity contribution in [2.75, 3.05) is 0 Å². The molecule has 3 aromatic carbocycles. The van der Waals surface area contributed by atoms with E-state index >= 15 is 0 Å². The maximum absolute atomic E-state index is 4.63. The van der Waals surface area contributed by atoms with Crippen LogP contribution in [-0.4, -0.2) is 4.37 Å². The number of fused-ring (bicyclic) bond motifs is 2. The Kier molecular flexibility index (Phi) is 2.35. The van der Waals surface area contributed by atoms with Crippen molar-refractivity contribution in [2.24, 2.45) is 0 Å². The van der Waals surface area contributed by atoms with Crippen molar-refractivity contribution in [3.8, 4) is 11.3 Å². The Morgan fingerprint density at radius 3 is 2.21 bits per heavy atom. The van der Waals surface area contributed by atoms with Crippen LogP contribution < -0.4 is 0 Å². The molecule has 0 atom stereocenters. The lowest BCUT2D eigenvalue weighted by molar-refractivity contribution is 1.54. The Morgan fingerprint density at radius 2 is 1.42 bits per heavy atom. The van der Waals surface area contributed by atoms with Gasteiger partial charge in [-0.2, -0.15) is 4.37 Å². The average Bonchev–Trinajstić information content (AvgIpc) is 2.88. The molecule has 1 heterocycles. The Labute approximate surface area is 115 Å². The number of benzene rings is 3. The zero-order chi connectivity index (χ0) is 12.7. The van der Waals surface area contributed by atoms with Crippen LogP contribution in [0, 0.1) is 0 Å². The molecule has 0 radical (unpaired) electrons. The summed E-state index contributed by atoms with van der Waals surface area (Å²) in [5.74, 6) is 0. The molecule has 0 aliphatic rings. The molecule has 2 heteroatoms. The summed E-state index contributed by atoms with van der Waals surface area (Å²) in [5, 5.41) is 3.79. The first kappa shape index (κ1) is 10.7. The highest BCUT2D eigenvalue weighted by Crippen LogP contribution is 2.33. The Morgan fingerprint density at radius 1 is 0.737 bits per heavy atom. The van der Waals surface area contributed by atoms with Gasteiger partial charge in [-0.25, -0.2) is 0 Å². The summed E-state index contributed by atoms with van der Waals surface area (Å²) < 4.78 is 5.88. The van der Waals surface area contributed by atoms with Crippen LogP contribution in [0.2, 0.25) is 0 Å². The standard InChI is InChI=1S/C17H11NS/c1-2-6-12(7-3-1)17-15-10-13-8-4-5-9-14(13)11-16(15)19-18-17/h1-11H. The van der Waals surface area contributed by atoms with E-state index < -0.39 is 0 Å². The third-order valence-electron chi connectivity index (χ3n) is 3.39. The maximum Gasteiger partial charge on any atom is 0.0919 e. The van der Waals surface area contributed by atoms with E-state index in [0.29, 0.717) is 0 Å². The second-order valence-corrected chi connectivity index (χ2v) is 5.40. The van der Waals surface area contributed by atoms with Gasteiger partial charge in [-0.3, -0.25) is 0 Å². The fourth-order valence-electron chi connectivity index (χ4n) is 2.43. The van der Waals surface area contributed by atoms with Gasteiger partial charge in [-0.1, -0.05) is 54.6 Å². The Bertz CT molecular complexity index is 862. The van der Waals surface area contributed by atoms with Gasteiger partial charge < -0.3 is 0 Å². The molecule has 0 bridgehead atoms. The molecule has 0 fully saturated rings. The van der Waals surface area contributed by atoms with Gasteiger partial charge in [0.05, 0.1) is 10.4 Å². The Balaban J connectivity index is 2.05. The van der Waals surface area contributed by atoms with Crippen LogP contribution in [0.15, 0.2) is 66.7 Å². The minimum Gasteiger partial charge on any atom is -0.191 e. The minimum absolute atomic E-state index is 1.09. The summed E-state index contributed by atoms with van der Waals surface area (Å²) in [6.07, 6.45) is 0. The lowest BCUT2D eigenvalue weighted by Crippen LogP contribution is -1.77. The van der Waals surface area contributed by atoms with Gasteiger partial charge in [0, 0.05) is 10.9 Å². The molecule has 4 rings (SSSR count). The van der Waals surface area contributed by atoms with Crippen molar-refractivity contribution in [2.45, 2.75) is 0 Å². The summed E-state index contributed by atoms with van der Waals surface area (Å²) in [6, 6.07) is 23.3. The molecule has 0 N–H and O–H groups in total. The quantitative estimate of drug-likeness (QED) is 0.463. The lowest BCUT2D eigenvalue weighted by atomic mass is 10.0. The number of hydrogen-bond acceptors (Lipinski definition) is 2. The smallest absolute Gasteiger partial charge is 0.0919 e.